The van der Waals surface area contributed by atoms with Gasteiger partial charge in [-0.05, 0) is 45.6 Å². The van der Waals surface area contributed by atoms with Crippen LogP contribution in [-0.2, 0) is 0 Å². The SMILES string of the molecule is CN(C)CCCCNC(=O)c1ccncc1. The van der Waals surface area contributed by atoms with E-state index in [4.69, 9.17) is 0 Å². The number of aromatic nitrogens is 1. The highest BCUT2D eigenvalue weighted by Gasteiger charge is 2.02. The summed E-state index contributed by atoms with van der Waals surface area (Å²) < 4.78 is 0. The van der Waals surface area contributed by atoms with Crippen LogP contribution in [-0.4, -0.2) is 43.0 Å². The van der Waals surface area contributed by atoms with Gasteiger partial charge in [-0.25, -0.2) is 0 Å². The van der Waals surface area contributed by atoms with Crippen molar-refractivity contribution in [2.75, 3.05) is 27.2 Å². The molecule has 1 aromatic rings. The van der Waals surface area contributed by atoms with E-state index in [0.717, 1.165) is 25.9 Å². The molecule has 0 aliphatic carbocycles. The van der Waals surface area contributed by atoms with Crippen LogP contribution < -0.4 is 5.32 Å². The summed E-state index contributed by atoms with van der Waals surface area (Å²) in [6, 6.07) is 3.43. The smallest absolute Gasteiger partial charge is 0.251 e. The van der Waals surface area contributed by atoms with Crippen LogP contribution in [0.2, 0.25) is 0 Å². The number of unbranched alkanes of at least 4 members (excludes halogenated alkanes) is 1. The van der Waals surface area contributed by atoms with Crippen LogP contribution >= 0.6 is 0 Å². The van der Waals surface area contributed by atoms with Gasteiger partial charge in [-0.1, -0.05) is 0 Å². The number of nitrogens with zero attached hydrogens (tertiary/aromatic N) is 2. The Kier molecular flexibility index (Phi) is 5.50. The third-order valence-electron chi connectivity index (χ3n) is 2.26. The maximum atomic E-state index is 11.6. The van der Waals surface area contributed by atoms with Gasteiger partial charge in [-0.15, -0.1) is 0 Å². The first-order valence-corrected chi connectivity index (χ1v) is 5.53. The summed E-state index contributed by atoms with van der Waals surface area (Å²) >= 11 is 0. The average Bonchev–Trinajstić information content (AvgIpc) is 2.29. The molecule has 1 rings (SSSR count). The molecule has 1 amide bonds. The average molecular weight is 221 g/mol. The van der Waals surface area contributed by atoms with Crippen molar-refractivity contribution in [1.29, 1.82) is 0 Å². The van der Waals surface area contributed by atoms with E-state index in [0.29, 0.717) is 5.56 Å². The second-order valence-electron chi connectivity index (χ2n) is 4.00. The minimum absolute atomic E-state index is 0.0211. The van der Waals surface area contributed by atoms with E-state index in [1.54, 1.807) is 24.5 Å². The highest BCUT2D eigenvalue weighted by Crippen LogP contribution is 1.96. The van der Waals surface area contributed by atoms with E-state index in [2.05, 4.69) is 29.3 Å². The van der Waals surface area contributed by atoms with E-state index in [1.165, 1.54) is 0 Å². The molecule has 1 aromatic heterocycles. The number of hydrogen-bond donors (Lipinski definition) is 1. The van der Waals surface area contributed by atoms with Gasteiger partial charge in [-0.3, -0.25) is 9.78 Å². The Morgan fingerprint density at radius 1 is 1.31 bits per heavy atom. The Balaban J connectivity index is 2.16. The molecule has 4 heteroatoms. The van der Waals surface area contributed by atoms with Gasteiger partial charge in [0.15, 0.2) is 0 Å². The van der Waals surface area contributed by atoms with Gasteiger partial charge in [0.1, 0.15) is 0 Å². The van der Waals surface area contributed by atoms with Gasteiger partial charge in [-0.2, -0.15) is 0 Å². The van der Waals surface area contributed by atoms with Crippen LogP contribution in [0.5, 0.6) is 0 Å². The fourth-order valence-electron chi connectivity index (χ4n) is 1.36. The molecule has 1 N–H and O–H groups in total. The minimum atomic E-state index is -0.0211. The highest BCUT2D eigenvalue weighted by atomic mass is 16.1. The lowest BCUT2D eigenvalue weighted by molar-refractivity contribution is 0.0952. The second kappa shape index (κ2) is 6.95. The maximum Gasteiger partial charge on any atom is 0.251 e. The van der Waals surface area contributed by atoms with Gasteiger partial charge in [0.2, 0.25) is 0 Å². The fourth-order valence-corrected chi connectivity index (χ4v) is 1.36. The zero-order valence-corrected chi connectivity index (χ0v) is 9.94. The topological polar surface area (TPSA) is 45.2 Å². The van der Waals surface area contributed by atoms with Gasteiger partial charge in [0.25, 0.3) is 5.91 Å². The lowest BCUT2D eigenvalue weighted by Crippen LogP contribution is -2.25. The van der Waals surface area contributed by atoms with E-state index < -0.39 is 0 Å². The van der Waals surface area contributed by atoms with Crippen LogP contribution in [0.4, 0.5) is 0 Å². The lowest BCUT2D eigenvalue weighted by atomic mass is 10.2. The van der Waals surface area contributed by atoms with E-state index in [1.807, 2.05) is 0 Å². The molecule has 0 radical (unpaired) electrons. The molecule has 0 atom stereocenters. The molecule has 0 aliphatic rings. The number of hydrogen-bond acceptors (Lipinski definition) is 3. The first-order valence-electron chi connectivity index (χ1n) is 5.53. The predicted molar refractivity (Wildman–Crippen MR) is 64.4 cm³/mol. The molecule has 4 nitrogen and oxygen atoms in total. The van der Waals surface area contributed by atoms with Crippen LogP contribution in [0.25, 0.3) is 0 Å². The predicted octanol–water partition coefficient (Wildman–Crippen LogP) is 1.15. The second-order valence-corrected chi connectivity index (χ2v) is 4.00. The van der Waals surface area contributed by atoms with E-state index in [9.17, 15) is 4.79 Å². The molecule has 0 saturated carbocycles. The summed E-state index contributed by atoms with van der Waals surface area (Å²) in [4.78, 5) is 17.6. The summed E-state index contributed by atoms with van der Waals surface area (Å²) in [6.07, 6.45) is 5.36. The molecule has 0 spiro atoms. The normalized spacial score (nSPS) is 10.4. The summed E-state index contributed by atoms with van der Waals surface area (Å²) in [5, 5.41) is 2.89. The molecule has 0 bridgehead atoms. The number of rotatable bonds is 6. The molecule has 1 heterocycles. The van der Waals surface area contributed by atoms with Gasteiger partial charge in [0.05, 0.1) is 0 Å². The lowest BCUT2D eigenvalue weighted by Gasteiger charge is -2.09. The zero-order valence-electron chi connectivity index (χ0n) is 9.94. The van der Waals surface area contributed by atoms with Gasteiger partial charge in [0, 0.05) is 24.5 Å². The molecule has 0 aromatic carbocycles. The third kappa shape index (κ3) is 4.89. The Labute approximate surface area is 96.7 Å². The molecule has 16 heavy (non-hydrogen) atoms. The number of carbonyl (C=O) groups excluding carboxylic acids is 1. The van der Waals surface area contributed by atoms with Crippen molar-refractivity contribution in [2.45, 2.75) is 12.8 Å². The third-order valence-corrected chi connectivity index (χ3v) is 2.26. The standard InChI is InChI=1S/C12H19N3O/c1-15(2)10-4-3-7-14-12(16)11-5-8-13-9-6-11/h5-6,8-9H,3-4,7,10H2,1-2H3,(H,14,16). The first kappa shape index (κ1) is 12.6. The Morgan fingerprint density at radius 3 is 2.62 bits per heavy atom. The molecule has 0 fully saturated rings. The van der Waals surface area contributed by atoms with Crippen molar-refractivity contribution in [3.8, 4) is 0 Å². The largest absolute Gasteiger partial charge is 0.352 e. The van der Waals surface area contributed by atoms with Crippen LogP contribution in [0.15, 0.2) is 24.5 Å². The maximum absolute atomic E-state index is 11.6. The Hall–Kier alpha value is -1.42. The van der Waals surface area contributed by atoms with Crippen molar-refractivity contribution in [1.82, 2.24) is 15.2 Å². The zero-order chi connectivity index (χ0) is 11.8. The van der Waals surface area contributed by atoms with Crippen LogP contribution in [0.1, 0.15) is 23.2 Å². The van der Waals surface area contributed by atoms with Crippen molar-refractivity contribution in [3.05, 3.63) is 30.1 Å². The summed E-state index contributed by atoms with van der Waals surface area (Å²) in [6.45, 7) is 1.79. The number of nitrogens with one attached hydrogen (secondary N) is 1. The van der Waals surface area contributed by atoms with Crippen molar-refractivity contribution < 1.29 is 4.79 Å². The number of amides is 1. The molecule has 0 saturated heterocycles. The number of pyridine rings is 1. The van der Waals surface area contributed by atoms with E-state index >= 15 is 0 Å². The van der Waals surface area contributed by atoms with Crippen molar-refractivity contribution >= 4 is 5.91 Å². The summed E-state index contributed by atoms with van der Waals surface area (Å²) in [5.74, 6) is -0.0211. The fraction of sp³-hybridized carbons (Fsp3) is 0.500. The van der Waals surface area contributed by atoms with Crippen LogP contribution in [0.3, 0.4) is 0 Å². The molecular weight excluding hydrogens is 202 g/mol. The first-order chi connectivity index (χ1) is 7.70. The van der Waals surface area contributed by atoms with Crippen LogP contribution in [0, 0.1) is 0 Å². The van der Waals surface area contributed by atoms with Crippen molar-refractivity contribution in [3.63, 3.8) is 0 Å². The van der Waals surface area contributed by atoms with Gasteiger partial charge >= 0.3 is 0 Å². The summed E-state index contributed by atoms with van der Waals surface area (Å²) in [7, 11) is 4.10. The quantitative estimate of drug-likeness (QED) is 0.733. The molecule has 88 valence electrons. The highest BCUT2D eigenvalue weighted by molar-refractivity contribution is 5.93. The number of carbonyl (C=O) groups is 1. The monoisotopic (exact) mass is 221 g/mol. The van der Waals surface area contributed by atoms with Gasteiger partial charge < -0.3 is 10.2 Å². The van der Waals surface area contributed by atoms with Crippen molar-refractivity contribution in [2.24, 2.45) is 0 Å². The molecule has 0 unspecified atom stereocenters. The minimum Gasteiger partial charge on any atom is -0.352 e. The Morgan fingerprint density at radius 2 is 2.00 bits per heavy atom. The Bertz CT molecular complexity index is 311. The molecular formula is C12H19N3O. The summed E-state index contributed by atoms with van der Waals surface area (Å²) in [5.41, 5.74) is 0.669. The molecule has 0 aliphatic heterocycles. The van der Waals surface area contributed by atoms with E-state index in [-0.39, 0.29) is 5.91 Å².